The molecule has 0 saturated carbocycles. The van der Waals surface area contributed by atoms with E-state index in [9.17, 15) is 14.4 Å². The second-order valence-electron chi connectivity index (χ2n) is 10.8. The maximum absolute atomic E-state index is 12.8. The first-order valence-electron chi connectivity index (χ1n) is 14.0. The van der Waals surface area contributed by atoms with Crippen molar-refractivity contribution in [1.29, 1.82) is 0 Å². The maximum Gasteiger partial charge on any atom is 0.331 e. The summed E-state index contributed by atoms with van der Waals surface area (Å²) in [5, 5.41) is 5.57. The molecule has 1 amide bonds. The summed E-state index contributed by atoms with van der Waals surface area (Å²) in [6.45, 7) is 10.0. The van der Waals surface area contributed by atoms with Gasteiger partial charge in [-0.15, -0.1) is 11.3 Å². The molecule has 3 atom stereocenters. The monoisotopic (exact) mass is 583 g/mol. The molecule has 224 valence electrons. The van der Waals surface area contributed by atoms with Crippen molar-refractivity contribution in [1.82, 2.24) is 15.2 Å². The van der Waals surface area contributed by atoms with E-state index in [1.807, 2.05) is 52.4 Å². The SMILES string of the molecule is CC(=O)N[C@H]1CCCc2csc(n2)C[C@@H](/C=C(C)/C=C/C(C)=C/CN(C)C)OC(=O)/C=C\C=C(/C)C[C@H](C)OC1=O. The molecule has 0 fully saturated rings. The second-order valence-corrected chi connectivity index (χ2v) is 11.8. The number of ether oxygens (including phenoxy) is 2. The van der Waals surface area contributed by atoms with Crippen molar-refractivity contribution in [3.8, 4) is 0 Å². The number of esters is 2. The standard InChI is InChI=1S/C32H45N3O5S/c1-22(16-17-35(6)7)14-15-24(3)19-28-20-30-34-27(21-41-30)11-9-12-29(33-26(5)36)32(38)39-25(4)18-23(2)10-8-13-31(37)40-28/h8,10,13-16,19,21,25,28-29H,9,11-12,17-18,20H2,1-7H3,(H,33,36)/b13-8-,15-14+,22-16+,23-10+,24-19+/t25-,28+,29-/m0/s1. The third-order valence-electron chi connectivity index (χ3n) is 6.21. The number of carbonyl (C=O) groups is 3. The van der Waals surface area contributed by atoms with E-state index < -0.39 is 24.1 Å². The van der Waals surface area contributed by atoms with E-state index in [1.54, 1.807) is 12.2 Å². The number of nitrogens with zero attached hydrogens (tertiary/aromatic N) is 2. The largest absolute Gasteiger partial charge is 0.461 e. The third-order valence-corrected chi connectivity index (χ3v) is 7.13. The van der Waals surface area contributed by atoms with Gasteiger partial charge in [0.25, 0.3) is 0 Å². The molecular formula is C32H45N3O5S. The highest BCUT2D eigenvalue weighted by Crippen LogP contribution is 2.18. The van der Waals surface area contributed by atoms with Crippen molar-refractivity contribution in [2.45, 2.75) is 85.0 Å². The summed E-state index contributed by atoms with van der Waals surface area (Å²) >= 11 is 1.52. The zero-order chi connectivity index (χ0) is 30.4. The van der Waals surface area contributed by atoms with Gasteiger partial charge in [-0.2, -0.15) is 0 Å². The Hall–Kier alpha value is -3.30. The summed E-state index contributed by atoms with van der Waals surface area (Å²) in [4.78, 5) is 44.1. The predicted octanol–water partition coefficient (Wildman–Crippen LogP) is 5.27. The molecule has 1 aromatic rings. The van der Waals surface area contributed by atoms with Gasteiger partial charge in [-0.05, 0) is 67.1 Å². The number of carbonyl (C=O) groups excluding carboxylic acids is 3. The van der Waals surface area contributed by atoms with Crippen molar-refractivity contribution in [2.24, 2.45) is 0 Å². The van der Waals surface area contributed by atoms with Crippen LogP contribution in [0.5, 0.6) is 0 Å². The average Bonchev–Trinajstić information content (AvgIpc) is 3.31. The molecule has 1 aromatic heterocycles. The number of allylic oxidation sites excluding steroid dienone is 6. The molecule has 2 rings (SSSR count). The normalized spacial score (nSPS) is 24.5. The molecule has 0 unspecified atom stereocenters. The van der Waals surface area contributed by atoms with E-state index in [0.717, 1.165) is 34.0 Å². The average molecular weight is 584 g/mol. The van der Waals surface area contributed by atoms with E-state index in [0.29, 0.717) is 32.1 Å². The fraction of sp³-hybridized carbons (Fsp3) is 0.500. The van der Waals surface area contributed by atoms with E-state index in [2.05, 4.69) is 29.3 Å². The van der Waals surface area contributed by atoms with Gasteiger partial charge in [-0.1, -0.05) is 47.1 Å². The molecule has 0 aromatic carbocycles. The Morgan fingerprint density at radius 1 is 1.15 bits per heavy atom. The van der Waals surface area contributed by atoms with Crippen molar-refractivity contribution in [3.63, 3.8) is 0 Å². The lowest BCUT2D eigenvalue weighted by Gasteiger charge is -2.20. The lowest BCUT2D eigenvalue weighted by molar-refractivity contribution is -0.152. The summed E-state index contributed by atoms with van der Waals surface area (Å²) in [6.07, 6.45) is 14.9. The van der Waals surface area contributed by atoms with Crippen LogP contribution >= 0.6 is 11.3 Å². The highest BCUT2D eigenvalue weighted by Gasteiger charge is 2.23. The van der Waals surface area contributed by atoms with Gasteiger partial charge in [0.15, 0.2) is 0 Å². The molecule has 0 radical (unpaired) electrons. The smallest absolute Gasteiger partial charge is 0.331 e. The highest BCUT2D eigenvalue weighted by atomic mass is 32.1. The Kier molecular flexibility index (Phi) is 14.5. The number of nitrogens with one attached hydrogen (secondary N) is 1. The Morgan fingerprint density at radius 3 is 2.59 bits per heavy atom. The van der Waals surface area contributed by atoms with Crippen LogP contribution in [0.15, 0.2) is 64.6 Å². The van der Waals surface area contributed by atoms with Crippen molar-refractivity contribution in [2.75, 3.05) is 20.6 Å². The quantitative estimate of drug-likeness (QED) is 0.360. The van der Waals surface area contributed by atoms with E-state index in [4.69, 9.17) is 14.5 Å². The summed E-state index contributed by atoms with van der Waals surface area (Å²) < 4.78 is 11.4. The molecular weight excluding hydrogens is 538 g/mol. The summed E-state index contributed by atoms with van der Waals surface area (Å²) in [6, 6.07) is -0.711. The summed E-state index contributed by atoms with van der Waals surface area (Å²) in [7, 11) is 4.06. The number of cyclic esters (lactones) is 2. The zero-order valence-corrected chi connectivity index (χ0v) is 26.3. The molecule has 0 spiro atoms. The van der Waals surface area contributed by atoms with Crippen LogP contribution in [0.2, 0.25) is 0 Å². The van der Waals surface area contributed by atoms with Crippen molar-refractivity contribution in [3.05, 3.63) is 75.3 Å². The van der Waals surface area contributed by atoms with Crippen molar-refractivity contribution < 1.29 is 23.9 Å². The molecule has 1 aliphatic heterocycles. The van der Waals surface area contributed by atoms with E-state index in [1.165, 1.54) is 24.3 Å². The molecule has 1 N–H and O–H groups in total. The minimum Gasteiger partial charge on any atom is -0.461 e. The van der Waals surface area contributed by atoms with Gasteiger partial charge in [0.2, 0.25) is 5.91 Å². The van der Waals surface area contributed by atoms with E-state index >= 15 is 0 Å². The Balaban J connectivity index is 2.29. The fourth-order valence-electron chi connectivity index (χ4n) is 4.18. The van der Waals surface area contributed by atoms with Crippen LogP contribution in [0, 0.1) is 0 Å². The lowest BCUT2D eigenvalue weighted by Crippen LogP contribution is -2.41. The number of amides is 1. The number of hydrogen-bond donors (Lipinski definition) is 1. The van der Waals surface area contributed by atoms with Crippen LogP contribution in [0.1, 0.15) is 64.6 Å². The van der Waals surface area contributed by atoms with Crippen LogP contribution in [0.3, 0.4) is 0 Å². The summed E-state index contributed by atoms with van der Waals surface area (Å²) in [5.41, 5.74) is 3.98. The van der Waals surface area contributed by atoms with Gasteiger partial charge in [-0.25, -0.2) is 14.6 Å². The maximum atomic E-state index is 12.8. The minimum atomic E-state index is -0.711. The first-order chi connectivity index (χ1) is 19.4. The van der Waals surface area contributed by atoms with Crippen LogP contribution in [-0.4, -0.2) is 66.6 Å². The fourth-order valence-corrected chi connectivity index (χ4v) is 5.05. The van der Waals surface area contributed by atoms with Crippen LogP contribution < -0.4 is 5.32 Å². The number of fused-ring (bicyclic) bond motifs is 2. The lowest BCUT2D eigenvalue weighted by atomic mass is 10.1. The minimum absolute atomic E-state index is 0.274. The molecule has 41 heavy (non-hydrogen) atoms. The Bertz CT molecular complexity index is 1190. The van der Waals surface area contributed by atoms with Crippen LogP contribution in [0.25, 0.3) is 0 Å². The molecule has 2 bridgehead atoms. The molecule has 0 saturated heterocycles. The Labute approximate surface area is 248 Å². The topological polar surface area (TPSA) is 97.8 Å². The molecule has 2 heterocycles. The first-order valence-corrected chi connectivity index (χ1v) is 14.9. The molecule has 9 heteroatoms. The highest BCUT2D eigenvalue weighted by molar-refractivity contribution is 7.09. The number of likely N-dealkylation sites (N-methyl/N-ethyl adjacent to an activating group) is 1. The van der Waals surface area contributed by atoms with Gasteiger partial charge in [0.05, 0.1) is 10.7 Å². The van der Waals surface area contributed by atoms with Gasteiger partial charge >= 0.3 is 11.9 Å². The van der Waals surface area contributed by atoms with Crippen molar-refractivity contribution >= 4 is 29.2 Å². The van der Waals surface area contributed by atoms with Crippen LogP contribution in [-0.2, 0) is 36.7 Å². The summed E-state index contributed by atoms with van der Waals surface area (Å²) in [5.74, 6) is -1.16. The van der Waals surface area contributed by atoms with Gasteiger partial charge in [0, 0.05) is 37.8 Å². The third kappa shape index (κ3) is 14.2. The van der Waals surface area contributed by atoms with E-state index in [-0.39, 0.29) is 12.0 Å². The number of aryl methyl sites for hydroxylation is 1. The number of aromatic nitrogens is 1. The number of thiazole rings is 1. The zero-order valence-electron chi connectivity index (χ0n) is 25.4. The molecule has 0 aliphatic carbocycles. The number of rotatable bonds is 6. The predicted molar refractivity (Wildman–Crippen MR) is 165 cm³/mol. The molecule has 8 nitrogen and oxygen atoms in total. The van der Waals surface area contributed by atoms with Gasteiger partial charge < -0.3 is 19.7 Å². The molecule has 1 aliphatic rings. The second kappa shape index (κ2) is 17.5. The van der Waals surface area contributed by atoms with Gasteiger partial charge in [-0.3, -0.25) is 4.79 Å². The van der Waals surface area contributed by atoms with Gasteiger partial charge in [0.1, 0.15) is 18.2 Å². The Morgan fingerprint density at radius 2 is 1.88 bits per heavy atom. The first kappa shape index (κ1) is 33.9. The van der Waals surface area contributed by atoms with Crippen LogP contribution in [0.4, 0.5) is 0 Å². The number of hydrogen-bond acceptors (Lipinski definition) is 8.